The van der Waals surface area contributed by atoms with Gasteiger partial charge in [-0.15, -0.1) is 0 Å². The second-order valence-corrected chi connectivity index (χ2v) is 7.07. The van der Waals surface area contributed by atoms with Crippen LogP contribution in [0.3, 0.4) is 0 Å². The van der Waals surface area contributed by atoms with Crippen molar-refractivity contribution in [3.63, 3.8) is 0 Å². The number of aromatic nitrogens is 3. The zero-order chi connectivity index (χ0) is 23.7. The largest absolute Gasteiger partial charge is 0.496 e. The van der Waals surface area contributed by atoms with E-state index in [1.54, 1.807) is 22.5 Å². The maximum Gasteiger partial charge on any atom is 0.287 e. The molecule has 2 aromatic carbocycles. The van der Waals surface area contributed by atoms with E-state index in [-0.39, 0.29) is 17.1 Å². The average Bonchev–Trinajstić information content (AvgIpc) is 3.43. The summed E-state index contributed by atoms with van der Waals surface area (Å²) in [6, 6.07) is 8.65. The number of carbonyl (C=O) groups is 1. The number of aryl methyl sites for hydroxylation is 1. The minimum Gasteiger partial charge on any atom is -0.496 e. The Balaban J connectivity index is 1.76. The fourth-order valence-corrected chi connectivity index (χ4v) is 3.48. The first-order valence-corrected chi connectivity index (χ1v) is 9.72. The summed E-state index contributed by atoms with van der Waals surface area (Å²) in [5.41, 5.74) is 4.23. The van der Waals surface area contributed by atoms with Crippen LogP contribution in [-0.2, 0) is 0 Å². The maximum absolute atomic E-state index is 13.4. The van der Waals surface area contributed by atoms with Gasteiger partial charge in [0.05, 0.1) is 36.6 Å². The van der Waals surface area contributed by atoms with Gasteiger partial charge in [-0.25, -0.2) is 18.2 Å². The molecule has 0 saturated carbocycles. The van der Waals surface area contributed by atoms with Crippen molar-refractivity contribution < 1.29 is 32.0 Å². The van der Waals surface area contributed by atoms with Gasteiger partial charge in [-0.05, 0) is 24.6 Å². The van der Waals surface area contributed by atoms with Crippen LogP contribution in [0.25, 0.3) is 27.8 Å². The number of rotatable bonds is 7. The van der Waals surface area contributed by atoms with E-state index >= 15 is 0 Å². The lowest BCUT2D eigenvalue weighted by molar-refractivity contribution is 0.0285. The molecule has 2 heterocycles. The van der Waals surface area contributed by atoms with E-state index < -0.39 is 18.6 Å². The SMILES string of the molecule is COc1cc(-n2cnc3cc(-c4conc4C)ccc32)cc(OC)c1C(=O)NC(F)C(F)F. The summed E-state index contributed by atoms with van der Waals surface area (Å²) in [4.78, 5) is 16.9. The van der Waals surface area contributed by atoms with Crippen molar-refractivity contribution in [2.24, 2.45) is 0 Å². The highest BCUT2D eigenvalue weighted by molar-refractivity contribution is 6.00. The molecule has 1 atom stereocenters. The first-order chi connectivity index (χ1) is 15.8. The molecule has 8 nitrogen and oxygen atoms in total. The quantitative estimate of drug-likeness (QED) is 0.414. The van der Waals surface area contributed by atoms with E-state index in [0.29, 0.717) is 11.2 Å². The monoisotopic (exact) mass is 460 g/mol. The third-order valence-electron chi connectivity index (χ3n) is 5.09. The molecule has 0 fully saturated rings. The van der Waals surface area contributed by atoms with Crippen LogP contribution in [0.2, 0.25) is 0 Å². The standard InChI is InChI=1S/C22H19F3N4O4/c1-11-14(9-33-28-11)12-4-5-16-15(6-12)26-10-29(16)13-7-17(31-2)19(18(8-13)32-3)22(30)27-21(25)20(23)24/h4-10,20-21H,1-3H3,(H,27,30). The Kier molecular flexibility index (Phi) is 5.95. The van der Waals surface area contributed by atoms with Gasteiger partial charge in [-0.3, -0.25) is 9.36 Å². The lowest BCUT2D eigenvalue weighted by atomic mass is 10.1. The van der Waals surface area contributed by atoms with Crippen LogP contribution in [0.5, 0.6) is 11.5 Å². The molecule has 1 unspecified atom stereocenters. The second-order valence-electron chi connectivity index (χ2n) is 7.07. The Morgan fingerprint density at radius 2 is 1.82 bits per heavy atom. The van der Waals surface area contributed by atoms with Gasteiger partial charge in [-0.1, -0.05) is 11.2 Å². The maximum atomic E-state index is 13.4. The number of benzene rings is 2. The van der Waals surface area contributed by atoms with E-state index in [9.17, 15) is 18.0 Å². The minimum absolute atomic E-state index is 0.0156. The summed E-state index contributed by atoms with van der Waals surface area (Å²) in [6.07, 6.45) is -3.05. The molecule has 0 saturated heterocycles. The van der Waals surface area contributed by atoms with Gasteiger partial charge >= 0.3 is 0 Å². The van der Waals surface area contributed by atoms with Gasteiger partial charge in [0, 0.05) is 17.7 Å². The van der Waals surface area contributed by atoms with Crippen LogP contribution in [0, 0.1) is 6.92 Å². The van der Waals surface area contributed by atoms with E-state index in [1.165, 1.54) is 26.4 Å². The van der Waals surface area contributed by atoms with Crippen LogP contribution >= 0.6 is 0 Å². The molecule has 11 heteroatoms. The van der Waals surface area contributed by atoms with Gasteiger partial charge in [0.1, 0.15) is 29.7 Å². The van der Waals surface area contributed by atoms with Crippen LogP contribution in [0.1, 0.15) is 16.1 Å². The number of imidazole rings is 1. The van der Waals surface area contributed by atoms with E-state index in [4.69, 9.17) is 14.0 Å². The Hall–Kier alpha value is -4.02. The molecule has 0 aliphatic rings. The van der Waals surface area contributed by atoms with Gasteiger partial charge in [0.2, 0.25) is 6.30 Å². The van der Waals surface area contributed by atoms with Gasteiger partial charge in [0.15, 0.2) is 0 Å². The molecule has 33 heavy (non-hydrogen) atoms. The Morgan fingerprint density at radius 3 is 2.39 bits per heavy atom. The van der Waals surface area contributed by atoms with Crippen molar-refractivity contribution in [1.82, 2.24) is 20.0 Å². The fraction of sp³-hybridized carbons (Fsp3) is 0.227. The Labute approximate surface area is 185 Å². The van der Waals surface area contributed by atoms with Crippen molar-refractivity contribution in [3.05, 3.63) is 54.2 Å². The lowest BCUT2D eigenvalue weighted by Gasteiger charge is -2.17. The number of fused-ring (bicyclic) bond motifs is 1. The molecule has 0 bridgehead atoms. The summed E-state index contributed by atoms with van der Waals surface area (Å²) in [6.45, 7) is 1.84. The van der Waals surface area contributed by atoms with Crippen molar-refractivity contribution in [2.75, 3.05) is 14.2 Å². The number of carbonyl (C=O) groups excluding carboxylic acids is 1. The number of alkyl halides is 3. The highest BCUT2D eigenvalue weighted by Crippen LogP contribution is 2.34. The molecule has 0 spiro atoms. The number of ether oxygens (including phenoxy) is 2. The number of hydrogen-bond donors (Lipinski definition) is 1. The molecular weight excluding hydrogens is 441 g/mol. The van der Waals surface area contributed by atoms with Crippen LogP contribution in [0.15, 0.2) is 47.4 Å². The molecule has 0 aliphatic carbocycles. The second kappa shape index (κ2) is 8.85. The summed E-state index contributed by atoms with van der Waals surface area (Å²) >= 11 is 0. The van der Waals surface area contributed by atoms with E-state index in [0.717, 1.165) is 22.3 Å². The summed E-state index contributed by atoms with van der Waals surface area (Å²) in [7, 11) is 2.60. The number of nitrogens with zero attached hydrogens (tertiary/aromatic N) is 3. The zero-order valence-electron chi connectivity index (χ0n) is 17.8. The molecule has 4 rings (SSSR count). The summed E-state index contributed by atoms with van der Waals surface area (Å²) < 4.78 is 55.8. The van der Waals surface area contributed by atoms with Crippen molar-refractivity contribution in [3.8, 4) is 28.3 Å². The molecule has 4 aromatic rings. The van der Waals surface area contributed by atoms with Gasteiger partial charge in [0.25, 0.3) is 12.3 Å². The highest BCUT2D eigenvalue weighted by atomic mass is 19.3. The Morgan fingerprint density at radius 1 is 1.12 bits per heavy atom. The van der Waals surface area contributed by atoms with Gasteiger partial charge < -0.3 is 19.3 Å². The predicted molar refractivity (Wildman–Crippen MR) is 113 cm³/mol. The normalized spacial score (nSPS) is 12.2. The minimum atomic E-state index is -3.37. The van der Waals surface area contributed by atoms with Crippen molar-refractivity contribution in [1.29, 1.82) is 0 Å². The van der Waals surface area contributed by atoms with Gasteiger partial charge in [-0.2, -0.15) is 0 Å². The van der Waals surface area contributed by atoms with Crippen LogP contribution < -0.4 is 14.8 Å². The molecule has 2 aromatic heterocycles. The molecule has 0 aliphatic heterocycles. The van der Waals surface area contributed by atoms with E-state index in [2.05, 4.69) is 10.1 Å². The third kappa shape index (κ3) is 4.09. The third-order valence-corrected chi connectivity index (χ3v) is 5.09. The van der Waals surface area contributed by atoms with Crippen LogP contribution in [-0.4, -0.2) is 47.6 Å². The number of amides is 1. The zero-order valence-corrected chi connectivity index (χ0v) is 17.8. The number of hydrogen-bond acceptors (Lipinski definition) is 6. The Bertz CT molecular complexity index is 1290. The average molecular weight is 460 g/mol. The number of nitrogens with one attached hydrogen (secondary N) is 1. The molecule has 1 amide bonds. The highest BCUT2D eigenvalue weighted by Gasteiger charge is 2.27. The molecule has 172 valence electrons. The topological polar surface area (TPSA) is 91.4 Å². The number of halogens is 3. The lowest BCUT2D eigenvalue weighted by Crippen LogP contribution is -2.36. The van der Waals surface area contributed by atoms with E-state index in [1.807, 2.05) is 25.1 Å². The molecule has 1 N–H and O–H groups in total. The van der Waals surface area contributed by atoms with Crippen molar-refractivity contribution in [2.45, 2.75) is 19.6 Å². The molecule has 0 radical (unpaired) electrons. The van der Waals surface area contributed by atoms with Crippen molar-refractivity contribution >= 4 is 16.9 Å². The summed E-state index contributed by atoms with van der Waals surface area (Å²) in [5.74, 6) is -1.06. The fourth-order valence-electron chi connectivity index (χ4n) is 3.48. The summed E-state index contributed by atoms with van der Waals surface area (Å²) in [5, 5.41) is 5.49. The number of methoxy groups -OCH3 is 2. The predicted octanol–water partition coefficient (Wildman–Crippen LogP) is 4.30. The first-order valence-electron chi connectivity index (χ1n) is 9.72. The van der Waals surface area contributed by atoms with Crippen LogP contribution in [0.4, 0.5) is 13.2 Å². The molecular formula is C22H19F3N4O4. The first kappa shape index (κ1) is 22.2. The smallest absolute Gasteiger partial charge is 0.287 e.